The maximum absolute atomic E-state index is 5.61. The van der Waals surface area contributed by atoms with Gasteiger partial charge in [-0.25, -0.2) is 0 Å². The maximum atomic E-state index is 5.61. The molecule has 0 saturated heterocycles. The fraction of sp³-hybridized carbons (Fsp3) is 0.500. The molecule has 0 saturated carbocycles. The smallest absolute Gasteiger partial charge is 0.318 e. The minimum absolute atomic E-state index is 0.399. The van der Waals surface area contributed by atoms with Crippen LogP contribution in [0.25, 0.3) is 0 Å². The first-order valence-corrected chi connectivity index (χ1v) is 7.71. The topological polar surface area (TPSA) is 54.2 Å². The lowest BCUT2D eigenvalue weighted by molar-refractivity contribution is 0.449. The van der Waals surface area contributed by atoms with Crippen molar-refractivity contribution in [1.29, 1.82) is 0 Å². The molecule has 5 nitrogen and oxygen atoms in total. The normalized spacial score (nSPS) is 11.2. The van der Waals surface area contributed by atoms with Crippen molar-refractivity contribution in [3.63, 3.8) is 0 Å². The van der Waals surface area contributed by atoms with E-state index in [-0.39, 0.29) is 0 Å². The summed E-state index contributed by atoms with van der Waals surface area (Å²) in [5.74, 6) is 0.613. The number of nitrogens with one attached hydrogen (secondary N) is 1. The molecule has 0 spiro atoms. The molecule has 0 aromatic carbocycles. The van der Waals surface area contributed by atoms with Gasteiger partial charge < -0.3 is 14.6 Å². The van der Waals surface area contributed by atoms with Crippen molar-refractivity contribution in [2.75, 3.05) is 11.9 Å². The average Bonchev–Trinajstić information content (AvgIpc) is 2.95. The van der Waals surface area contributed by atoms with E-state index in [1.54, 1.807) is 11.3 Å². The van der Waals surface area contributed by atoms with Crippen LogP contribution in [-0.4, -0.2) is 23.3 Å². The molecule has 0 fully saturated rings. The van der Waals surface area contributed by atoms with Gasteiger partial charge in [-0.05, 0) is 32.9 Å². The fourth-order valence-corrected chi connectivity index (χ4v) is 2.73. The number of aromatic nitrogens is 2. The van der Waals surface area contributed by atoms with Gasteiger partial charge in [0.2, 0.25) is 5.89 Å². The monoisotopic (exact) mass is 344 g/mol. The van der Waals surface area contributed by atoms with Gasteiger partial charge in [0, 0.05) is 19.6 Å². The van der Waals surface area contributed by atoms with E-state index in [2.05, 4.69) is 56.7 Å². The third-order valence-electron chi connectivity index (χ3n) is 2.49. The third-order valence-corrected chi connectivity index (χ3v) is 4.04. The molecule has 2 aromatic heterocycles. The SMILES string of the molecule is CC(C)NCc1nnc(N(C)Cc2csc(Br)c2)o1. The molecule has 2 aromatic rings. The van der Waals surface area contributed by atoms with E-state index in [1.807, 2.05) is 11.9 Å². The average molecular weight is 345 g/mol. The highest BCUT2D eigenvalue weighted by Crippen LogP contribution is 2.22. The maximum Gasteiger partial charge on any atom is 0.318 e. The van der Waals surface area contributed by atoms with Gasteiger partial charge in [0.05, 0.1) is 10.3 Å². The number of hydrogen-bond donors (Lipinski definition) is 1. The zero-order valence-corrected chi connectivity index (χ0v) is 13.6. The number of anilines is 1. The molecule has 1 N–H and O–H groups in total. The second-order valence-corrected chi connectivity index (χ2v) is 6.92. The highest BCUT2D eigenvalue weighted by atomic mass is 79.9. The van der Waals surface area contributed by atoms with Gasteiger partial charge in [-0.3, -0.25) is 0 Å². The van der Waals surface area contributed by atoms with Gasteiger partial charge in [0.25, 0.3) is 0 Å². The molecule has 0 amide bonds. The lowest BCUT2D eigenvalue weighted by Crippen LogP contribution is -2.22. The van der Waals surface area contributed by atoms with Crippen molar-refractivity contribution in [2.45, 2.75) is 33.0 Å². The minimum Gasteiger partial charge on any atom is -0.407 e. The van der Waals surface area contributed by atoms with Crippen molar-refractivity contribution in [3.05, 3.63) is 26.7 Å². The van der Waals surface area contributed by atoms with Crippen LogP contribution in [0.4, 0.5) is 6.01 Å². The van der Waals surface area contributed by atoms with E-state index in [9.17, 15) is 0 Å². The van der Waals surface area contributed by atoms with E-state index in [0.717, 1.165) is 10.3 Å². The molecule has 0 unspecified atom stereocenters. The van der Waals surface area contributed by atoms with Crippen LogP contribution < -0.4 is 10.2 Å². The van der Waals surface area contributed by atoms with E-state index in [4.69, 9.17) is 4.42 Å². The molecule has 7 heteroatoms. The Labute approximate surface area is 125 Å². The quantitative estimate of drug-likeness (QED) is 0.872. The zero-order chi connectivity index (χ0) is 13.8. The van der Waals surface area contributed by atoms with E-state index < -0.39 is 0 Å². The summed E-state index contributed by atoms with van der Waals surface area (Å²) in [5.41, 5.74) is 1.22. The standard InChI is InChI=1S/C12H17BrN4OS/c1-8(2)14-5-11-15-16-12(18-11)17(3)6-9-4-10(13)19-7-9/h4,7-8,14H,5-6H2,1-3H3. The van der Waals surface area contributed by atoms with Gasteiger partial charge >= 0.3 is 6.01 Å². The number of thiophene rings is 1. The first kappa shape index (κ1) is 14.5. The summed E-state index contributed by atoms with van der Waals surface area (Å²) < 4.78 is 6.74. The summed E-state index contributed by atoms with van der Waals surface area (Å²) in [7, 11) is 1.94. The van der Waals surface area contributed by atoms with Crippen molar-refractivity contribution in [1.82, 2.24) is 15.5 Å². The van der Waals surface area contributed by atoms with E-state index in [0.29, 0.717) is 24.5 Å². The molecular weight excluding hydrogens is 328 g/mol. The minimum atomic E-state index is 0.399. The Morgan fingerprint density at radius 1 is 1.47 bits per heavy atom. The summed E-state index contributed by atoms with van der Waals surface area (Å²) in [4.78, 5) is 1.94. The molecular formula is C12H17BrN4OS. The highest BCUT2D eigenvalue weighted by molar-refractivity contribution is 9.11. The Kier molecular flexibility index (Phi) is 4.95. The van der Waals surface area contributed by atoms with E-state index >= 15 is 0 Å². The molecule has 104 valence electrons. The Bertz CT molecular complexity index is 525. The predicted octanol–water partition coefficient (Wildman–Crippen LogP) is 3.03. The number of rotatable bonds is 6. The van der Waals surface area contributed by atoms with Gasteiger partial charge in [0.15, 0.2) is 0 Å². The molecule has 0 aliphatic heterocycles. The van der Waals surface area contributed by atoms with Gasteiger partial charge in [-0.2, -0.15) is 0 Å². The predicted molar refractivity (Wildman–Crippen MR) is 80.4 cm³/mol. The lowest BCUT2D eigenvalue weighted by Gasteiger charge is -2.12. The van der Waals surface area contributed by atoms with Crippen molar-refractivity contribution in [3.8, 4) is 0 Å². The first-order valence-electron chi connectivity index (χ1n) is 6.04. The van der Waals surface area contributed by atoms with Crippen molar-refractivity contribution < 1.29 is 4.42 Å². The Hall–Kier alpha value is -0.920. The summed E-state index contributed by atoms with van der Waals surface area (Å²) in [5, 5.41) is 13.4. The Morgan fingerprint density at radius 3 is 2.89 bits per heavy atom. The van der Waals surface area contributed by atoms with Gasteiger partial charge in [-0.1, -0.05) is 18.9 Å². The summed E-state index contributed by atoms with van der Waals surface area (Å²) in [6.07, 6.45) is 0. The van der Waals surface area contributed by atoms with Crippen LogP contribution in [0, 0.1) is 0 Å². The number of hydrogen-bond acceptors (Lipinski definition) is 6. The Morgan fingerprint density at radius 2 is 2.26 bits per heavy atom. The molecule has 2 rings (SSSR count). The van der Waals surface area contributed by atoms with Crippen molar-refractivity contribution >= 4 is 33.3 Å². The van der Waals surface area contributed by atoms with Crippen LogP contribution in [0.3, 0.4) is 0 Å². The molecule has 0 bridgehead atoms. The first-order chi connectivity index (χ1) is 9.04. The van der Waals surface area contributed by atoms with Crippen LogP contribution >= 0.6 is 27.3 Å². The summed E-state index contributed by atoms with van der Waals surface area (Å²) in [6, 6.07) is 3.04. The van der Waals surface area contributed by atoms with Crippen LogP contribution in [0.2, 0.25) is 0 Å². The van der Waals surface area contributed by atoms with Gasteiger partial charge in [0.1, 0.15) is 0 Å². The largest absolute Gasteiger partial charge is 0.407 e. The van der Waals surface area contributed by atoms with Gasteiger partial charge in [-0.15, -0.1) is 16.4 Å². The number of halogens is 1. The molecule has 0 radical (unpaired) electrons. The second-order valence-electron chi connectivity index (χ2n) is 4.63. The van der Waals surface area contributed by atoms with Crippen molar-refractivity contribution in [2.24, 2.45) is 0 Å². The molecule has 19 heavy (non-hydrogen) atoms. The summed E-state index contributed by atoms with van der Waals surface area (Å²) in [6.45, 7) is 5.51. The molecule has 0 aliphatic rings. The molecule has 0 aliphatic carbocycles. The van der Waals surface area contributed by atoms with Crippen LogP contribution in [0.5, 0.6) is 0 Å². The number of nitrogens with zero attached hydrogens (tertiary/aromatic N) is 3. The van der Waals surface area contributed by atoms with Crippen LogP contribution in [-0.2, 0) is 13.1 Å². The summed E-state index contributed by atoms with van der Waals surface area (Å²) >= 11 is 5.13. The fourth-order valence-electron chi connectivity index (χ4n) is 1.53. The third kappa shape index (κ3) is 4.29. The Balaban J connectivity index is 1.94. The highest BCUT2D eigenvalue weighted by Gasteiger charge is 2.12. The zero-order valence-electron chi connectivity index (χ0n) is 11.2. The lowest BCUT2D eigenvalue weighted by atomic mass is 10.3. The van der Waals surface area contributed by atoms with Crippen LogP contribution in [0.15, 0.2) is 19.6 Å². The van der Waals surface area contributed by atoms with Crippen LogP contribution in [0.1, 0.15) is 25.3 Å². The second kappa shape index (κ2) is 6.49. The molecule has 0 atom stereocenters. The van der Waals surface area contributed by atoms with E-state index in [1.165, 1.54) is 5.56 Å². The molecule has 2 heterocycles.